The van der Waals surface area contributed by atoms with Crippen molar-refractivity contribution in [2.45, 2.75) is 6.92 Å². The van der Waals surface area contributed by atoms with Gasteiger partial charge in [0.25, 0.3) is 0 Å². The molecule has 0 saturated heterocycles. The minimum Gasteiger partial charge on any atom is -0.508 e. The number of carbonyl (C=O) groups is 1. The smallest absolute Gasteiger partial charge is 0.308 e. The number of ether oxygens (including phenoxy) is 2. The number of rotatable bonds is 3. The van der Waals surface area contributed by atoms with Crippen molar-refractivity contribution in [1.82, 2.24) is 0 Å². The van der Waals surface area contributed by atoms with E-state index in [0.717, 1.165) is 13.0 Å². The zero-order valence-corrected chi connectivity index (χ0v) is 13.8. The Morgan fingerprint density at radius 1 is 1.12 bits per heavy atom. The second kappa shape index (κ2) is 6.32. The lowest BCUT2D eigenvalue weighted by molar-refractivity contribution is -0.131. The highest BCUT2D eigenvalue weighted by Crippen LogP contribution is 2.43. The predicted octanol–water partition coefficient (Wildman–Crippen LogP) is 2.51. The van der Waals surface area contributed by atoms with Crippen LogP contribution in [0.4, 0.5) is 0 Å². The lowest BCUT2D eigenvalue weighted by atomic mass is 10.1. The maximum absolute atomic E-state index is 12.5. The number of aromatic hydroxyl groups is 3. The van der Waals surface area contributed by atoms with E-state index < -0.39 is 22.9 Å². The molecule has 3 N–H and O–H groups in total. The largest absolute Gasteiger partial charge is 0.508 e. The van der Waals surface area contributed by atoms with Crippen LogP contribution in [0.3, 0.4) is 0 Å². The minimum absolute atomic E-state index is 0.0173. The van der Waals surface area contributed by atoms with Crippen LogP contribution in [0.1, 0.15) is 6.92 Å². The van der Waals surface area contributed by atoms with Crippen molar-refractivity contribution in [3.8, 4) is 40.1 Å². The molecule has 0 aliphatic heterocycles. The van der Waals surface area contributed by atoms with Gasteiger partial charge in [0.05, 0.1) is 7.11 Å². The predicted molar refractivity (Wildman–Crippen MR) is 90.8 cm³/mol. The lowest BCUT2D eigenvalue weighted by Gasteiger charge is -2.13. The van der Waals surface area contributed by atoms with Crippen LogP contribution in [0.5, 0.6) is 28.7 Å². The Bertz CT molecular complexity index is 1060. The van der Waals surface area contributed by atoms with Crippen molar-refractivity contribution in [1.29, 1.82) is 0 Å². The minimum atomic E-state index is -0.914. The lowest BCUT2D eigenvalue weighted by Crippen LogP contribution is -2.08. The third-order valence-electron chi connectivity index (χ3n) is 3.64. The van der Waals surface area contributed by atoms with E-state index in [1.54, 1.807) is 0 Å². The molecule has 0 aliphatic rings. The zero-order chi connectivity index (χ0) is 19.0. The summed E-state index contributed by atoms with van der Waals surface area (Å²) in [6, 6.07) is 6.61. The number of hydrogen-bond donors (Lipinski definition) is 3. The summed E-state index contributed by atoms with van der Waals surface area (Å²) in [6.07, 6.45) is 0. The third-order valence-corrected chi connectivity index (χ3v) is 3.64. The van der Waals surface area contributed by atoms with Crippen LogP contribution < -0.4 is 14.9 Å². The first-order valence-electron chi connectivity index (χ1n) is 7.41. The number of methoxy groups -OCH3 is 1. The van der Waals surface area contributed by atoms with Gasteiger partial charge in [0.1, 0.15) is 16.9 Å². The van der Waals surface area contributed by atoms with Crippen LogP contribution in [-0.4, -0.2) is 28.4 Å². The van der Waals surface area contributed by atoms with Crippen molar-refractivity contribution in [2.24, 2.45) is 0 Å². The topological polar surface area (TPSA) is 126 Å². The molecular weight excluding hydrogens is 344 g/mol. The molecule has 0 amide bonds. The molecule has 0 atom stereocenters. The van der Waals surface area contributed by atoms with Gasteiger partial charge in [-0.1, -0.05) is 0 Å². The molecule has 3 aromatic rings. The van der Waals surface area contributed by atoms with Crippen molar-refractivity contribution < 1.29 is 34.0 Å². The summed E-state index contributed by atoms with van der Waals surface area (Å²) in [4.78, 5) is 24.0. The molecule has 2 aromatic carbocycles. The molecule has 26 heavy (non-hydrogen) atoms. The van der Waals surface area contributed by atoms with Gasteiger partial charge in [-0.3, -0.25) is 9.59 Å². The summed E-state index contributed by atoms with van der Waals surface area (Å²) >= 11 is 0. The Morgan fingerprint density at radius 3 is 2.35 bits per heavy atom. The van der Waals surface area contributed by atoms with Crippen LogP contribution in [0.15, 0.2) is 39.5 Å². The fourth-order valence-electron chi connectivity index (χ4n) is 2.49. The number of esters is 1. The second-order valence-electron chi connectivity index (χ2n) is 5.38. The van der Waals surface area contributed by atoms with Gasteiger partial charge in [0.15, 0.2) is 17.1 Å². The van der Waals surface area contributed by atoms with Gasteiger partial charge < -0.3 is 29.2 Å². The molecule has 0 spiro atoms. The average molecular weight is 358 g/mol. The molecule has 0 unspecified atom stereocenters. The number of benzene rings is 2. The first kappa shape index (κ1) is 17.2. The Morgan fingerprint density at radius 2 is 1.77 bits per heavy atom. The van der Waals surface area contributed by atoms with E-state index in [-0.39, 0.29) is 39.5 Å². The molecule has 0 bridgehead atoms. The maximum atomic E-state index is 12.5. The Balaban J connectivity index is 2.43. The van der Waals surface area contributed by atoms with E-state index in [2.05, 4.69) is 0 Å². The summed E-state index contributed by atoms with van der Waals surface area (Å²) in [5.74, 6) is -2.41. The molecule has 3 rings (SSSR count). The highest BCUT2D eigenvalue weighted by molar-refractivity contribution is 5.94. The van der Waals surface area contributed by atoms with Crippen LogP contribution in [0.2, 0.25) is 0 Å². The maximum Gasteiger partial charge on any atom is 0.308 e. The summed E-state index contributed by atoms with van der Waals surface area (Å²) in [6.45, 7) is 1.15. The molecule has 8 heteroatoms. The number of carbonyl (C=O) groups excluding carboxylic acids is 1. The molecule has 0 saturated carbocycles. The van der Waals surface area contributed by atoms with Crippen molar-refractivity contribution in [2.75, 3.05) is 7.11 Å². The normalized spacial score (nSPS) is 10.7. The zero-order valence-electron chi connectivity index (χ0n) is 13.8. The molecule has 0 fully saturated rings. The Labute approximate surface area is 146 Å². The summed E-state index contributed by atoms with van der Waals surface area (Å²) in [7, 11) is 1.28. The SMILES string of the molecule is COc1cc(O)c2c(=O)c(O)c(-c3ccc(O)cc3)oc2c1OC(C)=O. The van der Waals surface area contributed by atoms with Crippen LogP contribution in [0, 0.1) is 0 Å². The van der Waals surface area contributed by atoms with Crippen LogP contribution >= 0.6 is 0 Å². The van der Waals surface area contributed by atoms with Gasteiger partial charge in [0.2, 0.25) is 16.9 Å². The quantitative estimate of drug-likeness (QED) is 0.481. The number of hydrogen-bond acceptors (Lipinski definition) is 8. The van der Waals surface area contributed by atoms with Crippen molar-refractivity contribution in [3.63, 3.8) is 0 Å². The molecule has 0 radical (unpaired) electrons. The summed E-state index contributed by atoms with van der Waals surface area (Å²) in [5, 5.41) is 29.4. The van der Waals surface area contributed by atoms with Crippen LogP contribution in [0.25, 0.3) is 22.3 Å². The average Bonchev–Trinajstić information content (AvgIpc) is 2.60. The Kier molecular flexibility index (Phi) is 4.17. The second-order valence-corrected chi connectivity index (χ2v) is 5.38. The summed E-state index contributed by atoms with van der Waals surface area (Å²) < 4.78 is 15.8. The summed E-state index contributed by atoms with van der Waals surface area (Å²) in [5.41, 5.74) is -0.888. The standard InChI is InChI=1S/C18H14O8/c1-8(19)25-17-12(24-2)7-11(21)13-14(22)15(23)16(26-18(13)17)9-3-5-10(20)6-4-9/h3-7,20-21,23H,1-2H3. The van der Waals surface area contributed by atoms with Gasteiger partial charge in [-0.2, -0.15) is 0 Å². The van der Waals surface area contributed by atoms with Gasteiger partial charge >= 0.3 is 5.97 Å². The number of phenolic OH excluding ortho intramolecular Hbond substituents is 2. The van der Waals surface area contributed by atoms with E-state index >= 15 is 0 Å². The molecule has 0 aliphatic carbocycles. The van der Waals surface area contributed by atoms with Crippen LogP contribution in [-0.2, 0) is 4.79 Å². The number of phenols is 2. The highest BCUT2D eigenvalue weighted by Gasteiger charge is 2.24. The molecule has 1 aromatic heterocycles. The number of fused-ring (bicyclic) bond motifs is 1. The van der Waals surface area contributed by atoms with Crippen molar-refractivity contribution >= 4 is 16.9 Å². The van der Waals surface area contributed by atoms with Gasteiger partial charge in [-0.15, -0.1) is 0 Å². The third kappa shape index (κ3) is 2.77. The fourth-order valence-corrected chi connectivity index (χ4v) is 2.49. The molecule has 134 valence electrons. The molecule has 1 heterocycles. The fraction of sp³-hybridized carbons (Fsp3) is 0.111. The highest BCUT2D eigenvalue weighted by atomic mass is 16.6. The van der Waals surface area contributed by atoms with Gasteiger partial charge in [0, 0.05) is 18.6 Å². The first-order valence-corrected chi connectivity index (χ1v) is 7.41. The first-order chi connectivity index (χ1) is 12.3. The molecular formula is C18H14O8. The van der Waals surface area contributed by atoms with E-state index in [1.807, 2.05) is 0 Å². The monoisotopic (exact) mass is 358 g/mol. The van der Waals surface area contributed by atoms with Gasteiger partial charge in [-0.05, 0) is 24.3 Å². The van der Waals surface area contributed by atoms with E-state index in [0.29, 0.717) is 0 Å². The Hall–Kier alpha value is -3.68. The van der Waals surface area contributed by atoms with E-state index in [1.165, 1.54) is 31.4 Å². The van der Waals surface area contributed by atoms with Crippen molar-refractivity contribution in [3.05, 3.63) is 40.6 Å². The van der Waals surface area contributed by atoms with Gasteiger partial charge in [-0.25, -0.2) is 0 Å². The van der Waals surface area contributed by atoms with E-state index in [9.17, 15) is 24.9 Å². The van der Waals surface area contributed by atoms with E-state index in [4.69, 9.17) is 13.9 Å². The molecule has 8 nitrogen and oxygen atoms in total.